The maximum atomic E-state index is 9.08. The van der Waals surface area contributed by atoms with Crippen LogP contribution >= 0.6 is 11.5 Å². The van der Waals surface area contributed by atoms with Gasteiger partial charge in [-0.2, -0.15) is 4.37 Å². The van der Waals surface area contributed by atoms with Crippen molar-refractivity contribution in [2.75, 3.05) is 24.6 Å². The molecule has 0 unspecified atom stereocenters. The minimum absolute atomic E-state index is 0.324. The van der Waals surface area contributed by atoms with Crippen molar-refractivity contribution in [1.82, 2.24) is 9.36 Å². The lowest BCUT2D eigenvalue weighted by Gasteiger charge is -2.30. The second-order valence-electron chi connectivity index (χ2n) is 4.36. The average molecular weight is 241 g/mol. The maximum Gasteiger partial charge on any atom is 0.205 e. The standard InChI is InChI=1S/C11H19N3OS/c1-2-3-10-12-11(16-13-10)14-6-4-9(8-15)5-7-14/h9,15H,2-8H2,1H3. The number of piperidine rings is 1. The molecule has 0 atom stereocenters. The Balaban J connectivity index is 1.92. The molecular formula is C11H19N3OS. The van der Waals surface area contributed by atoms with E-state index in [1.807, 2.05) is 0 Å². The van der Waals surface area contributed by atoms with Crippen LogP contribution in [0, 0.1) is 5.92 Å². The van der Waals surface area contributed by atoms with Gasteiger partial charge in [0, 0.05) is 37.6 Å². The Morgan fingerprint density at radius 2 is 2.19 bits per heavy atom. The summed E-state index contributed by atoms with van der Waals surface area (Å²) in [4.78, 5) is 6.84. The molecule has 1 aromatic heterocycles. The van der Waals surface area contributed by atoms with E-state index in [1.165, 1.54) is 11.5 Å². The molecule has 0 spiro atoms. The number of hydrogen-bond donors (Lipinski definition) is 1. The molecule has 0 bridgehead atoms. The molecule has 4 nitrogen and oxygen atoms in total. The molecule has 1 N–H and O–H groups in total. The Bertz CT molecular complexity index is 321. The number of aromatic nitrogens is 2. The number of anilines is 1. The first-order valence-electron chi connectivity index (χ1n) is 6.02. The molecule has 1 saturated heterocycles. The van der Waals surface area contributed by atoms with Crippen molar-refractivity contribution in [2.45, 2.75) is 32.6 Å². The molecule has 90 valence electrons. The molecule has 1 aromatic rings. The van der Waals surface area contributed by atoms with Crippen molar-refractivity contribution in [3.63, 3.8) is 0 Å². The van der Waals surface area contributed by atoms with E-state index in [0.29, 0.717) is 12.5 Å². The normalized spacial score (nSPS) is 18.0. The first-order chi connectivity index (χ1) is 7.83. The molecule has 0 radical (unpaired) electrons. The van der Waals surface area contributed by atoms with Gasteiger partial charge in [0.05, 0.1) is 0 Å². The second kappa shape index (κ2) is 5.59. The van der Waals surface area contributed by atoms with Crippen LogP contribution in [0.2, 0.25) is 0 Å². The number of hydrogen-bond acceptors (Lipinski definition) is 5. The molecule has 0 amide bonds. The highest BCUT2D eigenvalue weighted by Gasteiger charge is 2.20. The van der Waals surface area contributed by atoms with Gasteiger partial charge in [-0.3, -0.25) is 0 Å². The summed E-state index contributed by atoms with van der Waals surface area (Å²) in [6, 6.07) is 0. The molecule has 2 rings (SSSR count). The lowest BCUT2D eigenvalue weighted by Crippen LogP contribution is -2.34. The van der Waals surface area contributed by atoms with E-state index in [4.69, 9.17) is 5.11 Å². The van der Waals surface area contributed by atoms with Gasteiger partial charge >= 0.3 is 0 Å². The Hall–Kier alpha value is -0.680. The van der Waals surface area contributed by atoms with Crippen LogP contribution in [-0.4, -0.2) is 34.2 Å². The first-order valence-corrected chi connectivity index (χ1v) is 6.79. The van der Waals surface area contributed by atoms with Gasteiger partial charge in [-0.15, -0.1) is 0 Å². The van der Waals surface area contributed by atoms with Gasteiger partial charge in [0.2, 0.25) is 5.13 Å². The second-order valence-corrected chi connectivity index (χ2v) is 5.09. The zero-order valence-corrected chi connectivity index (χ0v) is 10.5. The third-order valence-electron chi connectivity index (χ3n) is 3.07. The van der Waals surface area contributed by atoms with Crippen molar-refractivity contribution in [3.05, 3.63) is 5.82 Å². The van der Waals surface area contributed by atoms with Crippen LogP contribution in [0.4, 0.5) is 5.13 Å². The lowest BCUT2D eigenvalue weighted by atomic mass is 9.98. The fourth-order valence-corrected chi connectivity index (χ4v) is 2.77. The molecule has 0 aromatic carbocycles. The fraction of sp³-hybridized carbons (Fsp3) is 0.818. The van der Waals surface area contributed by atoms with Crippen LogP contribution in [0.15, 0.2) is 0 Å². The Kier molecular flexibility index (Phi) is 4.12. The van der Waals surface area contributed by atoms with Crippen LogP contribution in [0.25, 0.3) is 0 Å². The fourth-order valence-electron chi connectivity index (χ4n) is 2.01. The maximum absolute atomic E-state index is 9.08. The zero-order valence-electron chi connectivity index (χ0n) is 9.72. The summed E-state index contributed by atoms with van der Waals surface area (Å²) in [5, 5.41) is 10.1. The van der Waals surface area contributed by atoms with Gasteiger partial charge in [-0.05, 0) is 25.2 Å². The Labute approximate surface area is 100 Å². The van der Waals surface area contributed by atoms with Gasteiger partial charge in [0.15, 0.2) is 0 Å². The quantitative estimate of drug-likeness (QED) is 0.871. The minimum Gasteiger partial charge on any atom is -0.396 e. The topological polar surface area (TPSA) is 49.2 Å². The molecule has 5 heteroatoms. The van der Waals surface area contributed by atoms with Gasteiger partial charge in [-0.25, -0.2) is 4.98 Å². The summed E-state index contributed by atoms with van der Waals surface area (Å²) in [6.07, 6.45) is 4.21. The van der Waals surface area contributed by atoms with E-state index in [1.54, 1.807) is 0 Å². The smallest absolute Gasteiger partial charge is 0.205 e. The summed E-state index contributed by atoms with van der Waals surface area (Å²) in [5.74, 6) is 1.46. The number of nitrogens with zero attached hydrogens (tertiary/aromatic N) is 3. The summed E-state index contributed by atoms with van der Waals surface area (Å²) < 4.78 is 4.36. The molecule has 0 saturated carbocycles. The zero-order chi connectivity index (χ0) is 11.4. The number of aliphatic hydroxyl groups is 1. The molecule has 1 aliphatic heterocycles. The SMILES string of the molecule is CCCc1nsc(N2CCC(CO)CC2)n1. The summed E-state index contributed by atoms with van der Waals surface area (Å²) >= 11 is 1.51. The predicted molar refractivity (Wildman–Crippen MR) is 65.9 cm³/mol. The van der Waals surface area contributed by atoms with E-state index < -0.39 is 0 Å². The van der Waals surface area contributed by atoms with Crippen LogP contribution in [0.5, 0.6) is 0 Å². The number of rotatable bonds is 4. The highest BCUT2D eigenvalue weighted by Crippen LogP contribution is 2.24. The minimum atomic E-state index is 0.324. The number of aryl methyl sites for hydroxylation is 1. The molecule has 1 aliphatic rings. The van der Waals surface area contributed by atoms with E-state index in [0.717, 1.165) is 49.7 Å². The highest BCUT2D eigenvalue weighted by molar-refractivity contribution is 7.09. The predicted octanol–water partition coefficient (Wildman–Crippen LogP) is 1.70. The molecule has 16 heavy (non-hydrogen) atoms. The van der Waals surface area contributed by atoms with Gasteiger partial charge < -0.3 is 10.0 Å². The molecular weight excluding hydrogens is 222 g/mol. The van der Waals surface area contributed by atoms with Crippen LogP contribution in [0.3, 0.4) is 0 Å². The van der Waals surface area contributed by atoms with E-state index in [2.05, 4.69) is 21.2 Å². The lowest BCUT2D eigenvalue weighted by molar-refractivity contribution is 0.203. The van der Waals surface area contributed by atoms with E-state index in [-0.39, 0.29) is 0 Å². The van der Waals surface area contributed by atoms with Crippen molar-refractivity contribution in [1.29, 1.82) is 0 Å². The van der Waals surface area contributed by atoms with Crippen LogP contribution in [-0.2, 0) is 6.42 Å². The largest absolute Gasteiger partial charge is 0.396 e. The highest BCUT2D eigenvalue weighted by atomic mass is 32.1. The number of aliphatic hydroxyl groups excluding tert-OH is 1. The van der Waals surface area contributed by atoms with E-state index >= 15 is 0 Å². The Morgan fingerprint density at radius 3 is 2.81 bits per heavy atom. The third kappa shape index (κ3) is 2.71. The summed E-state index contributed by atoms with van der Waals surface area (Å²) in [6.45, 7) is 4.48. The average Bonchev–Trinajstić information content (AvgIpc) is 2.78. The summed E-state index contributed by atoms with van der Waals surface area (Å²) in [7, 11) is 0. The van der Waals surface area contributed by atoms with Crippen molar-refractivity contribution >= 4 is 16.7 Å². The summed E-state index contributed by atoms with van der Waals surface area (Å²) in [5.41, 5.74) is 0. The monoisotopic (exact) mass is 241 g/mol. The molecule has 2 heterocycles. The molecule has 1 fully saturated rings. The Morgan fingerprint density at radius 1 is 1.44 bits per heavy atom. The van der Waals surface area contributed by atoms with E-state index in [9.17, 15) is 0 Å². The van der Waals surface area contributed by atoms with Gasteiger partial charge in [-0.1, -0.05) is 6.92 Å². The van der Waals surface area contributed by atoms with Crippen LogP contribution < -0.4 is 4.90 Å². The van der Waals surface area contributed by atoms with Crippen molar-refractivity contribution in [3.8, 4) is 0 Å². The van der Waals surface area contributed by atoms with Gasteiger partial charge in [0.1, 0.15) is 5.82 Å². The van der Waals surface area contributed by atoms with Crippen molar-refractivity contribution in [2.24, 2.45) is 5.92 Å². The third-order valence-corrected chi connectivity index (χ3v) is 3.89. The van der Waals surface area contributed by atoms with Crippen molar-refractivity contribution < 1.29 is 5.11 Å². The molecule has 0 aliphatic carbocycles. The van der Waals surface area contributed by atoms with Gasteiger partial charge in [0.25, 0.3) is 0 Å². The first kappa shape index (κ1) is 11.8. The van der Waals surface area contributed by atoms with Crippen LogP contribution in [0.1, 0.15) is 32.0 Å².